The molecule has 5 heteroatoms. The van der Waals surface area contributed by atoms with Gasteiger partial charge in [0.05, 0.1) is 24.5 Å². The number of hydrogen-bond acceptors (Lipinski definition) is 4. The molecule has 0 radical (unpaired) electrons. The van der Waals surface area contributed by atoms with E-state index in [0.29, 0.717) is 12.1 Å². The van der Waals surface area contributed by atoms with Crippen LogP contribution in [0.4, 0.5) is 11.4 Å². The topological polar surface area (TPSA) is 53.6 Å². The van der Waals surface area contributed by atoms with E-state index in [2.05, 4.69) is 15.5 Å². The number of carbonyl (C=O) groups is 1. The third-order valence-corrected chi connectivity index (χ3v) is 4.04. The van der Waals surface area contributed by atoms with E-state index in [1.807, 2.05) is 54.6 Å². The van der Waals surface area contributed by atoms with Crippen LogP contribution in [0.1, 0.15) is 10.4 Å². The Bertz CT molecular complexity index is 655. The minimum absolute atomic E-state index is 0.0534. The van der Waals surface area contributed by atoms with Crippen LogP contribution < -0.4 is 10.6 Å². The van der Waals surface area contributed by atoms with Gasteiger partial charge in [-0.2, -0.15) is 0 Å². The largest absolute Gasteiger partial charge is 0.379 e. The number of carbonyl (C=O) groups excluding carboxylic acids is 1. The summed E-state index contributed by atoms with van der Waals surface area (Å²) in [5.41, 5.74) is 2.43. The lowest BCUT2D eigenvalue weighted by Gasteiger charge is -2.26. The minimum Gasteiger partial charge on any atom is -0.379 e. The summed E-state index contributed by atoms with van der Waals surface area (Å²) < 4.78 is 5.33. The molecule has 2 aromatic rings. The van der Waals surface area contributed by atoms with Crippen LogP contribution in [-0.4, -0.2) is 50.2 Å². The lowest BCUT2D eigenvalue weighted by atomic mass is 10.1. The predicted octanol–water partition coefficient (Wildman–Crippen LogP) is 2.49. The molecule has 2 N–H and O–H groups in total. The molecule has 1 heterocycles. The van der Waals surface area contributed by atoms with Crippen molar-refractivity contribution in [3.8, 4) is 0 Å². The Morgan fingerprint density at radius 3 is 2.50 bits per heavy atom. The van der Waals surface area contributed by atoms with Crippen LogP contribution in [0.2, 0.25) is 0 Å². The van der Waals surface area contributed by atoms with Gasteiger partial charge < -0.3 is 15.4 Å². The summed E-state index contributed by atoms with van der Waals surface area (Å²) in [6.45, 7) is 4.90. The van der Waals surface area contributed by atoms with Gasteiger partial charge in [-0.15, -0.1) is 0 Å². The van der Waals surface area contributed by atoms with E-state index in [1.165, 1.54) is 0 Å². The Kier molecular flexibility index (Phi) is 5.82. The molecule has 126 valence electrons. The second kappa shape index (κ2) is 8.47. The predicted molar refractivity (Wildman–Crippen MR) is 95.8 cm³/mol. The molecule has 0 aromatic heterocycles. The van der Waals surface area contributed by atoms with Crippen LogP contribution >= 0.6 is 0 Å². The molecule has 1 saturated heterocycles. The molecule has 3 rings (SSSR count). The molecule has 1 aliphatic heterocycles. The Hall–Kier alpha value is -2.37. The lowest BCUT2D eigenvalue weighted by molar-refractivity contribution is 0.0383. The van der Waals surface area contributed by atoms with Crippen molar-refractivity contribution in [1.29, 1.82) is 0 Å². The summed E-state index contributed by atoms with van der Waals surface area (Å²) in [6, 6.07) is 17.4. The van der Waals surface area contributed by atoms with Crippen molar-refractivity contribution in [2.24, 2.45) is 0 Å². The molecule has 1 aliphatic rings. The first-order valence-electron chi connectivity index (χ1n) is 8.32. The van der Waals surface area contributed by atoms with Crippen molar-refractivity contribution >= 4 is 17.3 Å². The highest BCUT2D eigenvalue weighted by atomic mass is 16.5. The maximum Gasteiger partial charge on any atom is 0.253 e. The molecule has 0 spiro atoms. The summed E-state index contributed by atoms with van der Waals surface area (Å²) in [6.07, 6.45) is 0. The molecule has 0 bridgehead atoms. The number of nitrogens with zero attached hydrogens (tertiary/aromatic N) is 1. The molecule has 2 aromatic carbocycles. The van der Waals surface area contributed by atoms with Crippen LogP contribution in [0.3, 0.4) is 0 Å². The number of anilines is 2. The van der Waals surface area contributed by atoms with Crippen LogP contribution in [0, 0.1) is 0 Å². The van der Waals surface area contributed by atoms with E-state index in [4.69, 9.17) is 4.74 Å². The van der Waals surface area contributed by atoms with Crippen molar-refractivity contribution in [3.63, 3.8) is 0 Å². The van der Waals surface area contributed by atoms with Crippen molar-refractivity contribution < 1.29 is 9.53 Å². The summed E-state index contributed by atoms with van der Waals surface area (Å²) in [7, 11) is 0. The molecular weight excluding hydrogens is 302 g/mol. The van der Waals surface area contributed by atoms with Crippen molar-refractivity contribution in [3.05, 3.63) is 60.2 Å². The number of rotatable bonds is 6. The van der Waals surface area contributed by atoms with Crippen LogP contribution in [-0.2, 0) is 4.74 Å². The fraction of sp³-hybridized carbons (Fsp3) is 0.316. The minimum atomic E-state index is -0.0534. The zero-order valence-corrected chi connectivity index (χ0v) is 13.7. The maximum atomic E-state index is 12.5. The molecule has 24 heavy (non-hydrogen) atoms. The first kappa shape index (κ1) is 16.5. The van der Waals surface area contributed by atoms with E-state index >= 15 is 0 Å². The van der Waals surface area contributed by atoms with Crippen molar-refractivity contribution in [1.82, 2.24) is 10.2 Å². The van der Waals surface area contributed by atoms with E-state index in [0.717, 1.165) is 44.2 Å². The highest BCUT2D eigenvalue weighted by Crippen LogP contribution is 2.20. The molecule has 1 amide bonds. The SMILES string of the molecule is O=C(NCCN1CCOCC1)c1ccccc1Nc1ccccc1. The van der Waals surface area contributed by atoms with Crippen LogP contribution in [0.5, 0.6) is 0 Å². The van der Waals surface area contributed by atoms with E-state index in [1.54, 1.807) is 0 Å². The van der Waals surface area contributed by atoms with Gasteiger partial charge >= 0.3 is 0 Å². The average Bonchev–Trinajstić information content (AvgIpc) is 2.64. The number of ether oxygens (including phenoxy) is 1. The van der Waals surface area contributed by atoms with Gasteiger partial charge in [-0.25, -0.2) is 0 Å². The first-order chi connectivity index (χ1) is 11.8. The second-order valence-corrected chi connectivity index (χ2v) is 5.75. The van der Waals surface area contributed by atoms with Gasteiger partial charge in [0.25, 0.3) is 5.91 Å². The van der Waals surface area contributed by atoms with Crippen LogP contribution in [0.15, 0.2) is 54.6 Å². The molecule has 0 unspecified atom stereocenters. The first-order valence-corrected chi connectivity index (χ1v) is 8.32. The second-order valence-electron chi connectivity index (χ2n) is 5.75. The fourth-order valence-electron chi connectivity index (χ4n) is 2.71. The normalized spacial score (nSPS) is 15.0. The Balaban J connectivity index is 1.58. The number of benzene rings is 2. The maximum absolute atomic E-state index is 12.5. The third-order valence-electron chi connectivity index (χ3n) is 4.04. The van der Waals surface area contributed by atoms with Gasteiger partial charge in [0.2, 0.25) is 0 Å². The summed E-state index contributed by atoms with van der Waals surface area (Å²) in [5, 5.41) is 6.32. The number of morpholine rings is 1. The molecule has 0 saturated carbocycles. The highest BCUT2D eigenvalue weighted by Gasteiger charge is 2.13. The Morgan fingerprint density at radius 2 is 1.71 bits per heavy atom. The molecule has 5 nitrogen and oxygen atoms in total. The third kappa shape index (κ3) is 4.57. The van der Waals surface area contributed by atoms with Gasteiger partial charge in [-0.3, -0.25) is 9.69 Å². The number of hydrogen-bond donors (Lipinski definition) is 2. The molecule has 1 fully saturated rings. The number of nitrogens with one attached hydrogen (secondary N) is 2. The summed E-state index contributed by atoms with van der Waals surface area (Å²) in [5.74, 6) is -0.0534. The van der Waals surface area contributed by atoms with Gasteiger partial charge in [0.15, 0.2) is 0 Å². The van der Waals surface area contributed by atoms with Crippen molar-refractivity contribution in [2.45, 2.75) is 0 Å². The van der Waals surface area contributed by atoms with E-state index in [-0.39, 0.29) is 5.91 Å². The van der Waals surface area contributed by atoms with Gasteiger partial charge in [0.1, 0.15) is 0 Å². The summed E-state index contributed by atoms with van der Waals surface area (Å²) in [4.78, 5) is 14.8. The van der Waals surface area contributed by atoms with Gasteiger partial charge in [-0.05, 0) is 24.3 Å². The number of para-hydroxylation sites is 2. The van der Waals surface area contributed by atoms with Gasteiger partial charge in [-0.1, -0.05) is 30.3 Å². The van der Waals surface area contributed by atoms with E-state index in [9.17, 15) is 4.79 Å². The molecular formula is C19H23N3O2. The van der Waals surface area contributed by atoms with Crippen molar-refractivity contribution in [2.75, 3.05) is 44.7 Å². The van der Waals surface area contributed by atoms with Gasteiger partial charge in [0, 0.05) is 31.9 Å². The standard InChI is InChI=1S/C19H23N3O2/c23-19(20-10-11-22-12-14-24-15-13-22)17-8-4-5-9-18(17)21-16-6-2-1-3-7-16/h1-9,21H,10-15H2,(H,20,23). The monoisotopic (exact) mass is 325 g/mol. The van der Waals surface area contributed by atoms with Crippen LogP contribution in [0.25, 0.3) is 0 Å². The quantitative estimate of drug-likeness (QED) is 0.857. The smallest absolute Gasteiger partial charge is 0.253 e. The fourth-order valence-corrected chi connectivity index (χ4v) is 2.71. The molecule has 0 atom stereocenters. The molecule has 0 aliphatic carbocycles. The zero-order chi connectivity index (χ0) is 16.6. The lowest BCUT2D eigenvalue weighted by Crippen LogP contribution is -2.41. The Labute approximate surface area is 142 Å². The Morgan fingerprint density at radius 1 is 1.00 bits per heavy atom. The average molecular weight is 325 g/mol. The van der Waals surface area contributed by atoms with E-state index < -0.39 is 0 Å². The number of amides is 1. The highest BCUT2D eigenvalue weighted by molar-refractivity contribution is 6.00. The zero-order valence-electron chi connectivity index (χ0n) is 13.7. The summed E-state index contributed by atoms with van der Waals surface area (Å²) >= 11 is 0.